The molecule has 2 rings (SSSR count). The Morgan fingerprint density at radius 2 is 2.26 bits per heavy atom. The zero-order chi connectivity index (χ0) is 17.0. The Morgan fingerprint density at radius 1 is 1.52 bits per heavy atom. The molecule has 2 atom stereocenters. The highest BCUT2D eigenvalue weighted by Gasteiger charge is 2.25. The van der Waals surface area contributed by atoms with Crippen LogP contribution in [-0.2, 0) is 14.6 Å². The van der Waals surface area contributed by atoms with Crippen LogP contribution >= 0.6 is 23.2 Å². The van der Waals surface area contributed by atoms with Crippen molar-refractivity contribution >= 4 is 39.0 Å². The zero-order valence-electron chi connectivity index (χ0n) is 12.6. The molecular formula is C14H19Cl2N3O3S. The van der Waals surface area contributed by atoms with E-state index in [9.17, 15) is 8.42 Å². The fourth-order valence-electron chi connectivity index (χ4n) is 2.26. The standard InChI is InChI=1S/C14H19Cl2N3O3S/c1-9(12-3-2-10(15)6-13(12)16)19-14(17)18-7-11-8-23(20,21)5-4-22-11/h2-3,6,9,11H,4-5,7-8H2,1H3,(H3,17,18,19). The number of nitrogens with zero attached hydrogens (tertiary/aromatic N) is 1. The fraction of sp³-hybridized carbons (Fsp3) is 0.500. The molecule has 1 heterocycles. The largest absolute Gasteiger partial charge is 0.374 e. The number of nitrogens with two attached hydrogens (primary N) is 1. The number of guanidine groups is 1. The Balaban J connectivity index is 1.94. The Hall–Kier alpha value is -1.02. The lowest BCUT2D eigenvalue weighted by Crippen LogP contribution is -2.38. The van der Waals surface area contributed by atoms with Gasteiger partial charge in [-0.1, -0.05) is 29.3 Å². The number of hydrogen-bond acceptors (Lipinski definition) is 4. The van der Waals surface area contributed by atoms with Crippen molar-refractivity contribution < 1.29 is 13.2 Å². The number of hydrogen-bond donors (Lipinski definition) is 2. The summed E-state index contributed by atoms with van der Waals surface area (Å²) in [5.41, 5.74) is 6.68. The predicted molar refractivity (Wildman–Crippen MR) is 92.9 cm³/mol. The minimum absolute atomic E-state index is 0.0255. The van der Waals surface area contributed by atoms with Crippen LogP contribution in [0.25, 0.3) is 0 Å². The normalized spacial score (nSPS) is 22.6. The van der Waals surface area contributed by atoms with Gasteiger partial charge in [-0.05, 0) is 24.6 Å². The van der Waals surface area contributed by atoms with Crippen LogP contribution in [-0.4, -0.2) is 45.1 Å². The molecule has 23 heavy (non-hydrogen) atoms. The van der Waals surface area contributed by atoms with E-state index in [0.29, 0.717) is 10.0 Å². The first kappa shape index (κ1) is 18.3. The molecule has 0 aromatic heterocycles. The molecule has 1 aromatic rings. The van der Waals surface area contributed by atoms with Crippen molar-refractivity contribution in [2.75, 3.05) is 24.7 Å². The summed E-state index contributed by atoms with van der Waals surface area (Å²) in [5, 5.41) is 4.10. The number of halogens is 2. The third-order valence-corrected chi connectivity index (χ3v) is 5.68. The fourth-order valence-corrected chi connectivity index (χ4v) is 4.12. The average molecular weight is 380 g/mol. The van der Waals surface area contributed by atoms with Gasteiger partial charge in [0.2, 0.25) is 0 Å². The van der Waals surface area contributed by atoms with E-state index in [-0.39, 0.29) is 36.7 Å². The number of nitrogens with one attached hydrogen (secondary N) is 1. The van der Waals surface area contributed by atoms with Gasteiger partial charge in [-0.3, -0.25) is 4.99 Å². The number of sulfone groups is 1. The molecule has 0 spiro atoms. The molecule has 128 valence electrons. The smallest absolute Gasteiger partial charge is 0.189 e. The number of rotatable bonds is 4. The number of aliphatic imine (C=N–C) groups is 1. The highest BCUT2D eigenvalue weighted by atomic mass is 35.5. The van der Waals surface area contributed by atoms with Crippen LogP contribution in [0.2, 0.25) is 10.0 Å². The second-order valence-electron chi connectivity index (χ2n) is 5.36. The topological polar surface area (TPSA) is 93.8 Å². The van der Waals surface area contributed by atoms with Crippen molar-refractivity contribution in [2.45, 2.75) is 19.1 Å². The molecule has 6 nitrogen and oxygen atoms in total. The monoisotopic (exact) mass is 379 g/mol. The average Bonchev–Trinajstić information content (AvgIpc) is 2.44. The van der Waals surface area contributed by atoms with Crippen LogP contribution in [0.3, 0.4) is 0 Å². The molecule has 1 saturated heterocycles. The van der Waals surface area contributed by atoms with Crippen LogP contribution in [0.1, 0.15) is 18.5 Å². The summed E-state index contributed by atoms with van der Waals surface area (Å²) in [5.74, 6) is 0.241. The maximum atomic E-state index is 11.5. The summed E-state index contributed by atoms with van der Waals surface area (Å²) in [7, 11) is -3.04. The summed E-state index contributed by atoms with van der Waals surface area (Å²) >= 11 is 12.0. The van der Waals surface area contributed by atoms with Gasteiger partial charge >= 0.3 is 0 Å². The van der Waals surface area contributed by atoms with E-state index in [2.05, 4.69) is 10.3 Å². The summed E-state index contributed by atoms with van der Waals surface area (Å²) in [6.45, 7) is 2.28. The lowest BCUT2D eigenvalue weighted by Gasteiger charge is -2.22. The number of ether oxygens (including phenoxy) is 1. The SMILES string of the molecule is CC(NC(N)=NCC1CS(=O)(=O)CCO1)c1ccc(Cl)cc1Cl. The van der Waals surface area contributed by atoms with E-state index in [0.717, 1.165) is 5.56 Å². The van der Waals surface area contributed by atoms with Crippen molar-refractivity contribution in [1.82, 2.24) is 5.32 Å². The van der Waals surface area contributed by atoms with Crippen molar-refractivity contribution in [2.24, 2.45) is 10.7 Å². The molecule has 2 unspecified atom stereocenters. The third-order valence-electron chi connectivity index (χ3n) is 3.45. The molecule has 0 aliphatic carbocycles. The van der Waals surface area contributed by atoms with Crippen molar-refractivity contribution in [3.63, 3.8) is 0 Å². The zero-order valence-corrected chi connectivity index (χ0v) is 15.0. The molecule has 1 aromatic carbocycles. The lowest BCUT2D eigenvalue weighted by atomic mass is 10.1. The third kappa shape index (κ3) is 5.53. The summed E-state index contributed by atoms with van der Waals surface area (Å²) in [6, 6.07) is 5.05. The first-order valence-electron chi connectivity index (χ1n) is 7.10. The second kappa shape index (κ2) is 7.70. The molecule has 0 amide bonds. The molecule has 3 N–H and O–H groups in total. The Morgan fingerprint density at radius 3 is 2.91 bits per heavy atom. The van der Waals surface area contributed by atoms with Gasteiger partial charge in [0.15, 0.2) is 15.8 Å². The minimum Gasteiger partial charge on any atom is -0.374 e. The van der Waals surface area contributed by atoms with E-state index in [1.54, 1.807) is 12.1 Å². The molecule has 1 aliphatic rings. The van der Waals surface area contributed by atoms with Gasteiger partial charge in [-0.15, -0.1) is 0 Å². The van der Waals surface area contributed by atoms with E-state index >= 15 is 0 Å². The molecule has 0 saturated carbocycles. The van der Waals surface area contributed by atoms with Gasteiger partial charge in [-0.2, -0.15) is 0 Å². The molecule has 0 radical (unpaired) electrons. The number of benzene rings is 1. The quantitative estimate of drug-likeness (QED) is 0.613. The van der Waals surface area contributed by atoms with E-state index in [1.807, 2.05) is 13.0 Å². The van der Waals surface area contributed by atoms with Crippen LogP contribution in [0.5, 0.6) is 0 Å². The van der Waals surface area contributed by atoms with Crippen LogP contribution in [0.15, 0.2) is 23.2 Å². The maximum absolute atomic E-state index is 11.5. The van der Waals surface area contributed by atoms with Gasteiger partial charge in [-0.25, -0.2) is 8.42 Å². The summed E-state index contributed by atoms with van der Waals surface area (Å²) < 4.78 is 28.4. The van der Waals surface area contributed by atoms with Gasteiger partial charge < -0.3 is 15.8 Å². The highest BCUT2D eigenvalue weighted by Crippen LogP contribution is 2.25. The first-order valence-corrected chi connectivity index (χ1v) is 9.68. The van der Waals surface area contributed by atoms with Gasteiger partial charge in [0.1, 0.15) is 0 Å². The molecule has 1 aliphatic heterocycles. The Kier molecular flexibility index (Phi) is 6.13. The van der Waals surface area contributed by atoms with E-state index < -0.39 is 15.9 Å². The molecule has 0 bridgehead atoms. The van der Waals surface area contributed by atoms with Gasteiger partial charge in [0.05, 0.1) is 36.8 Å². The van der Waals surface area contributed by atoms with E-state index in [1.165, 1.54) is 0 Å². The van der Waals surface area contributed by atoms with Gasteiger partial charge in [0.25, 0.3) is 0 Å². The van der Waals surface area contributed by atoms with Crippen molar-refractivity contribution in [3.8, 4) is 0 Å². The Labute approximate surface area is 145 Å². The predicted octanol–water partition coefficient (Wildman–Crippen LogP) is 1.77. The molecule has 1 fully saturated rings. The summed E-state index contributed by atoms with van der Waals surface area (Å²) in [4.78, 5) is 4.15. The maximum Gasteiger partial charge on any atom is 0.189 e. The lowest BCUT2D eigenvalue weighted by molar-refractivity contribution is 0.0782. The highest BCUT2D eigenvalue weighted by molar-refractivity contribution is 7.91. The second-order valence-corrected chi connectivity index (χ2v) is 8.44. The Bertz CT molecular complexity index is 695. The van der Waals surface area contributed by atoms with Gasteiger partial charge in [0, 0.05) is 10.0 Å². The minimum atomic E-state index is -3.04. The molecule has 9 heteroatoms. The van der Waals surface area contributed by atoms with Crippen LogP contribution in [0, 0.1) is 0 Å². The van der Waals surface area contributed by atoms with Crippen molar-refractivity contribution in [1.29, 1.82) is 0 Å². The molecular weight excluding hydrogens is 361 g/mol. The van der Waals surface area contributed by atoms with Crippen molar-refractivity contribution in [3.05, 3.63) is 33.8 Å². The summed E-state index contributed by atoms with van der Waals surface area (Å²) in [6.07, 6.45) is -0.455. The van der Waals surface area contributed by atoms with Crippen LogP contribution in [0.4, 0.5) is 0 Å². The first-order chi connectivity index (χ1) is 10.8. The van der Waals surface area contributed by atoms with Crippen LogP contribution < -0.4 is 11.1 Å². The van der Waals surface area contributed by atoms with E-state index in [4.69, 9.17) is 33.7 Å².